The minimum atomic E-state index is -4.59. The average molecular weight is 256 g/mol. The highest BCUT2D eigenvalue weighted by Gasteiger charge is 2.35. The highest BCUT2D eigenvalue weighted by molar-refractivity contribution is 8.95. The molecule has 0 aromatic carbocycles. The Morgan fingerprint density at radius 2 is 1.73 bits per heavy atom. The molecule has 66 valence electrons. The molecular weight excluding hydrogens is 253 g/mol. The van der Waals surface area contributed by atoms with Gasteiger partial charge in [-0.15, -0.1) is 0 Å². The standard InChI is InChI=1S/H3O6P3S2/c1-7(2)11(8(3)10)9(4,5)6/h4-6H. The Morgan fingerprint density at radius 3 is 1.73 bits per heavy atom. The Hall–Kier alpha value is 1.17. The van der Waals surface area contributed by atoms with Crippen LogP contribution in [-0.4, -0.2) is 14.7 Å². The van der Waals surface area contributed by atoms with Crippen LogP contribution in [0.1, 0.15) is 0 Å². The van der Waals surface area contributed by atoms with E-state index in [1.165, 1.54) is 0 Å². The van der Waals surface area contributed by atoms with Gasteiger partial charge in [0, 0.05) is 0 Å². The van der Waals surface area contributed by atoms with Gasteiger partial charge in [-0.1, -0.05) is 9.13 Å². The van der Waals surface area contributed by atoms with Gasteiger partial charge in [0.25, 0.3) is 0 Å². The zero-order chi connectivity index (χ0) is 9.23. The smallest absolute Gasteiger partial charge is 0.428 e. The SMILES string of the molecule is O=[P+]([O-])S([P+](=O)[S-])=P(O)(O)O. The van der Waals surface area contributed by atoms with Gasteiger partial charge in [0.15, 0.2) is 0 Å². The van der Waals surface area contributed by atoms with Gasteiger partial charge >= 0.3 is 29.5 Å². The van der Waals surface area contributed by atoms with Crippen LogP contribution in [0.3, 0.4) is 0 Å². The first-order valence-corrected chi connectivity index (χ1v) is 10.0. The zero-order valence-corrected chi connectivity index (χ0v) is 9.04. The normalized spacial score (nSPS) is 17.5. The van der Waals surface area contributed by atoms with E-state index in [-0.39, 0.29) is 0 Å². The molecule has 3 unspecified atom stereocenters. The van der Waals surface area contributed by atoms with Crippen LogP contribution in [0.2, 0.25) is 0 Å². The molecule has 0 aliphatic heterocycles. The van der Waals surface area contributed by atoms with Gasteiger partial charge in [0.2, 0.25) is 0 Å². The van der Waals surface area contributed by atoms with E-state index in [9.17, 15) is 14.0 Å². The third-order valence-electron chi connectivity index (χ3n) is 0.486. The summed E-state index contributed by atoms with van der Waals surface area (Å²) in [7, 11) is -5.74. The molecule has 0 rings (SSSR count). The molecule has 0 aliphatic rings. The average Bonchev–Trinajstić information content (AvgIpc) is 1.54. The van der Waals surface area contributed by atoms with Crippen molar-refractivity contribution >= 4 is 41.7 Å². The molecule has 0 saturated heterocycles. The molecule has 0 heterocycles. The van der Waals surface area contributed by atoms with Crippen LogP contribution in [0, 0.1) is 0 Å². The first kappa shape index (κ1) is 12.2. The first-order chi connectivity index (χ1) is 4.76. The van der Waals surface area contributed by atoms with Crippen molar-refractivity contribution in [1.82, 2.24) is 0 Å². The molecule has 6 nitrogen and oxygen atoms in total. The zero-order valence-electron chi connectivity index (χ0n) is 4.72. The summed E-state index contributed by atoms with van der Waals surface area (Å²) in [6.45, 7) is -4.59. The molecule has 0 fully saturated rings. The quantitative estimate of drug-likeness (QED) is 0.449. The van der Waals surface area contributed by atoms with Crippen molar-refractivity contribution in [2.75, 3.05) is 0 Å². The van der Waals surface area contributed by atoms with Crippen LogP contribution in [0.15, 0.2) is 0 Å². The summed E-state index contributed by atoms with van der Waals surface area (Å²) in [5.41, 5.74) is 0. The lowest BCUT2D eigenvalue weighted by Crippen LogP contribution is -1.92. The van der Waals surface area contributed by atoms with E-state index >= 15 is 0 Å². The lowest BCUT2D eigenvalue weighted by molar-refractivity contribution is -0.157. The van der Waals surface area contributed by atoms with Crippen molar-refractivity contribution in [2.45, 2.75) is 0 Å². The predicted molar refractivity (Wildman–Crippen MR) is 43.5 cm³/mol. The van der Waals surface area contributed by atoms with Crippen molar-refractivity contribution in [1.29, 1.82) is 0 Å². The Balaban J connectivity index is 5.26. The van der Waals surface area contributed by atoms with Gasteiger partial charge in [0.05, 0.1) is 0 Å². The van der Waals surface area contributed by atoms with Crippen LogP contribution in [-0.2, 0) is 30.7 Å². The van der Waals surface area contributed by atoms with Crippen molar-refractivity contribution < 1.29 is 28.7 Å². The van der Waals surface area contributed by atoms with Crippen LogP contribution in [0.4, 0.5) is 0 Å². The highest BCUT2D eigenvalue weighted by Crippen LogP contribution is 2.54. The summed E-state index contributed by atoms with van der Waals surface area (Å²) >= 11 is 4.01. The molecule has 3 N–H and O–H groups in total. The van der Waals surface area contributed by atoms with Crippen LogP contribution >= 0.6 is 20.2 Å². The summed E-state index contributed by atoms with van der Waals surface area (Å²) in [5.74, 6) is 0. The Bertz CT molecular complexity index is 224. The van der Waals surface area contributed by atoms with E-state index in [1.807, 2.05) is 0 Å². The molecule has 0 aromatic heterocycles. The van der Waals surface area contributed by atoms with Crippen LogP contribution in [0.25, 0.3) is 0 Å². The van der Waals surface area contributed by atoms with Crippen molar-refractivity contribution in [3.8, 4) is 0 Å². The van der Waals surface area contributed by atoms with Crippen LogP contribution in [0.5, 0.6) is 0 Å². The Morgan fingerprint density at radius 1 is 1.36 bits per heavy atom. The summed E-state index contributed by atoms with van der Waals surface area (Å²) in [4.78, 5) is 35.4. The second-order valence-electron chi connectivity index (χ2n) is 1.21. The highest BCUT2D eigenvalue weighted by atomic mass is 33.4. The maximum Gasteiger partial charge on any atom is 0.428 e. The lowest BCUT2D eigenvalue weighted by atomic mass is 15.8. The van der Waals surface area contributed by atoms with Gasteiger partial charge in [-0.05, 0) is 0 Å². The summed E-state index contributed by atoms with van der Waals surface area (Å²) < 4.78 is 20.5. The van der Waals surface area contributed by atoms with E-state index in [2.05, 4.69) is 12.2 Å². The molecular formula is H3O6P3S2. The third kappa shape index (κ3) is 4.08. The molecule has 0 saturated carbocycles. The van der Waals surface area contributed by atoms with Gasteiger partial charge in [-0.2, -0.15) is 0 Å². The molecule has 3 atom stereocenters. The van der Waals surface area contributed by atoms with Gasteiger partial charge in [0.1, 0.15) is 0 Å². The molecule has 0 aromatic rings. The predicted octanol–water partition coefficient (Wildman–Crippen LogP) is -0.519. The fourth-order valence-electron chi connectivity index (χ4n) is 0.233. The van der Waals surface area contributed by atoms with E-state index in [0.717, 1.165) is 0 Å². The second kappa shape index (κ2) is 4.42. The summed E-state index contributed by atoms with van der Waals surface area (Å²) in [5, 5.41) is 0. The largest absolute Gasteiger partial charge is 0.582 e. The van der Waals surface area contributed by atoms with Crippen molar-refractivity contribution in [3.05, 3.63) is 0 Å². The van der Waals surface area contributed by atoms with Crippen molar-refractivity contribution in [2.24, 2.45) is 0 Å². The van der Waals surface area contributed by atoms with E-state index in [0.29, 0.717) is 0 Å². The van der Waals surface area contributed by atoms with Crippen LogP contribution < -0.4 is 4.89 Å². The molecule has 0 aliphatic carbocycles. The van der Waals surface area contributed by atoms with E-state index in [4.69, 9.17) is 14.7 Å². The first-order valence-electron chi connectivity index (χ1n) is 1.88. The maximum atomic E-state index is 10.4. The summed E-state index contributed by atoms with van der Waals surface area (Å²) in [6.07, 6.45) is -2.73. The monoisotopic (exact) mass is 256 g/mol. The molecule has 0 amide bonds. The third-order valence-corrected chi connectivity index (χ3v) is 16.7. The maximum absolute atomic E-state index is 10.4. The number of rotatable bonds is 2. The molecule has 0 radical (unpaired) electrons. The van der Waals surface area contributed by atoms with Gasteiger partial charge < -0.3 is 31.8 Å². The Labute approximate surface area is 70.8 Å². The van der Waals surface area contributed by atoms with E-state index < -0.39 is 29.5 Å². The molecule has 11 heteroatoms. The molecule has 0 bridgehead atoms. The Kier molecular flexibility index (Phi) is 4.89. The number of hydrogen-bond donors (Lipinski definition) is 3. The van der Waals surface area contributed by atoms with Gasteiger partial charge in [-0.3, -0.25) is 0 Å². The van der Waals surface area contributed by atoms with Crippen molar-refractivity contribution in [3.63, 3.8) is 0 Å². The topological polar surface area (TPSA) is 118 Å². The second-order valence-corrected chi connectivity index (χ2v) is 14.5. The number of hydrogen-bond acceptors (Lipinski definition) is 4. The van der Waals surface area contributed by atoms with E-state index in [1.54, 1.807) is 0 Å². The lowest BCUT2D eigenvalue weighted by Gasteiger charge is -1.98. The minimum Gasteiger partial charge on any atom is -0.582 e. The molecule has 0 spiro atoms. The fraction of sp³-hybridized carbons (Fsp3) is 0. The minimum absolute atomic E-state index is 2.39. The van der Waals surface area contributed by atoms with Gasteiger partial charge in [-0.25, -0.2) is 0 Å². The summed E-state index contributed by atoms with van der Waals surface area (Å²) in [6, 6.07) is 0. The molecule has 11 heavy (non-hydrogen) atoms. The fourth-order valence-corrected chi connectivity index (χ4v) is 10.2.